The Morgan fingerprint density at radius 1 is 1.04 bits per heavy atom. The molecule has 1 aromatic rings. The molecule has 0 N–H and O–H groups in total. The topological polar surface area (TPSA) is 29.5 Å². The summed E-state index contributed by atoms with van der Waals surface area (Å²) in [5, 5.41) is 0. The fourth-order valence-electron chi connectivity index (χ4n) is 2.28. The highest BCUT2D eigenvalue weighted by Crippen LogP contribution is 2.19. The molecule has 0 aliphatic rings. The Balaban J connectivity index is 0. The van der Waals surface area contributed by atoms with E-state index in [0.717, 1.165) is 31.0 Å². The van der Waals surface area contributed by atoms with Gasteiger partial charge in [-0.1, -0.05) is 60.6 Å². The first-order valence-corrected chi connectivity index (χ1v) is 10.9. The second-order valence-electron chi connectivity index (χ2n) is 5.57. The van der Waals surface area contributed by atoms with Gasteiger partial charge in [0.2, 0.25) is 0 Å². The molecule has 0 saturated carbocycles. The largest absolute Gasteiger partial charge is 0.382 e. The molecule has 0 bridgehead atoms. The Bertz CT molecular complexity index is 432. The summed E-state index contributed by atoms with van der Waals surface area (Å²) >= 11 is 0. The van der Waals surface area contributed by atoms with E-state index in [-0.39, 0.29) is 6.04 Å². The van der Waals surface area contributed by atoms with E-state index in [9.17, 15) is 4.21 Å². The average Bonchev–Trinajstić information content (AvgIpc) is 2.67. The van der Waals surface area contributed by atoms with Crippen LogP contribution in [0.25, 0.3) is 0 Å². The van der Waals surface area contributed by atoms with Crippen LogP contribution in [0, 0.1) is 0 Å². The van der Waals surface area contributed by atoms with Gasteiger partial charge in [0, 0.05) is 26.3 Å². The lowest BCUT2D eigenvalue weighted by Gasteiger charge is -2.26. The molecule has 25 heavy (non-hydrogen) atoms. The minimum atomic E-state index is -1.11. The zero-order valence-electron chi connectivity index (χ0n) is 18.0. The number of hydrogen-bond acceptors (Lipinski definition) is 2. The van der Waals surface area contributed by atoms with Gasteiger partial charge in [-0.05, 0) is 43.4 Å². The smallest absolute Gasteiger partial charge is 0.127 e. The Labute approximate surface area is 159 Å². The molecule has 0 aliphatic heterocycles. The molecule has 4 heteroatoms. The van der Waals surface area contributed by atoms with Crippen molar-refractivity contribution in [3.63, 3.8) is 0 Å². The molecule has 148 valence electrons. The van der Waals surface area contributed by atoms with Crippen molar-refractivity contribution in [3.05, 3.63) is 29.8 Å². The van der Waals surface area contributed by atoms with Gasteiger partial charge in [0.25, 0.3) is 0 Å². The normalized spacial score (nSPS) is 12.8. The quantitative estimate of drug-likeness (QED) is 0.497. The summed E-state index contributed by atoms with van der Waals surface area (Å²) in [5.74, 6) is 0.500. The molecular formula is C21H41NO2S. The van der Waals surface area contributed by atoms with E-state index in [4.69, 9.17) is 4.74 Å². The molecular weight excluding hydrogens is 330 g/mol. The van der Waals surface area contributed by atoms with Crippen LogP contribution in [0.2, 0.25) is 0 Å². The summed E-state index contributed by atoms with van der Waals surface area (Å²) in [6.45, 7) is 17.9. The summed E-state index contributed by atoms with van der Waals surface area (Å²) in [4.78, 5) is 0.872. The van der Waals surface area contributed by atoms with Gasteiger partial charge >= 0.3 is 0 Å². The van der Waals surface area contributed by atoms with E-state index in [0.29, 0.717) is 5.92 Å². The lowest BCUT2D eigenvalue weighted by Crippen LogP contribution is -2.33. The molecule has 2 atom stereocenters. The summed E-state index contributed by atoms with van der Waals surface area (Å²) in [6.07, 6.45) is 1.88. The van der Waals surface area contributed by atoms with Gasteiger partial charge < -0.3 is 4.74 Å². The van der Waals surface area contributed by atoms with Crippen molar-refractivity contribution < 1.29 is 8.95 Å². The van der Waals surface area contributed by atoms with Gasteiger partial charge in [-0.25, -0.2) is 8.51 Å². The molecule has 0 amide bonds. The maximum Gasteiger partial charge on any atom is 0.127 e. The van der Waals surface area contributed by atoms with E-state index < -0.39 is 11.0 Å². The van der Waals surface area contributed by atoms with E-state index in [1.54, 1.807) is 0 Å². The fraction of sp³-hybridized carbons (Fsp3) is 0.714. The predicted molar refractivity (Wildman–Crippen MR) is 113 cm³/mol. The monoisotopic (exact) mass is 371 g/mol. The third-order valence-electron chi connectivity index (χ3n) is 3.79. The Kier molecular flexibility index (Phi) is 17.8. The van der Waals surface area contributed by atoms with Crippen LogP contribution in [0.4, 0.5) is 0 Å². The van der Waals surface area contributed by atoms with Crippen LogP contribution in [0.3, 0.4) is 0 Å². The average molecular weight is 372 g/mol. The van der Waals surface area contributed by atoms with Crippen molar-refractivity contribution in [1.29, 1.82) is 0 Å². The molecule has 1 aromatic carbocycles. The van der Waals surface area contributed by atoms with Gasteiger partial charge in [-0.3, -0.25) is 0 Å². The summed E-state index contributed by atoms with van der Waals surface area (Å²) in [5.41, 5.74) is 1.28. The molecule has 0 aliphatic carbocycles. The van der Waals surface area contributed by atoms with Crippen molar-refractivity contribution in [2.45, 2.75) is 85.1 Å². The first kappa shape index (κ1) is 26.5. The third kappa shape index (κ3) is 10.1. The Morgan fingerprint density at radius 2 is 1.56 bits per heavy atom. The highest BCUT2D eigenvalue weighted by atomic mass is 32.2. The van der Waals surface area contributed by atoms with Crippen molar-refractivity contribution >= 4 is 11.0 Å². The van der Waals surface area contributed by atoms with Gasteiger partial charge in [-0.15, -0.1) is 0 Å². The highest BCUT2D eigenvalue weighted by molar-refractivity contribution is 7.82. The van der Waals surface area contributed by atoms with Crippen molar-refractivity contribution in [2.24, 2.45) is 0 Å². The number of nitrogens with zero attached hydrogens (tertiary/aromatic N) is 1. The molecule has 0 radical (unpaired) electrons. The number of ether oxygens (including phenoxy) is 1. The van der Waals surface area contributed by atoms with Crippen LogP contribution in [0.5, 0.6) is 0 Å². The van der Waals surface area contributed by atoms with Gasteiger partial charge in [0.05, 0.1) is 4.90 Å². The lowest BCUT2D eigenvalue weighted by molar-refractivity contribution is 0.129. The van der Waals surface area contributed by atoms with Crippen LogP contribution in [0.15, 0.2) is 29.2 Å². The second-order valence-corrected chi connectivity index (χ2v) is 7.11. The standard InChI is InChI=1S/C17H29NO2S.2C2H6/c1-6-16(12-13-20-7-2)18(5)21(19)17-10-8-15(9-11-17)14(3)4;2*1-2/h8-11,14,16H,6-7,12-13H2,1-5H3;2*1-2H3. The predicted octanol–water partition coefficient (Wildman–Crippen LogP) is 6.02. The van der Waals surface area contributed by atoms with Crippen molar-refractivity contribution in [1.82, 2.24) is 4.31 Å². The number of hydrogen-bond donors (Lipinski definition) is 0. The molecule has 2 unspecified atom stereocenters. The first-order valence-electron chi connectivity index (χ1n) is 9.83. The number of rotatable bonds is 9. The Morgan fingerprint density at radius 3 is 1.96 bits per heavy atom. The lowest BCUT2D eigenvalue weighted by atomic mass is 10.0. The second kappa shape index (κ2) is 16.7. The van der Waals surface area contributed by atoms with Crippen molar-refractivity contribution in [3.8, 4) is 0 Å². The summed E-state index contributed by atoms with van der Waals surface area (Å²) < 4.78 is 20.0. The van der Waals surface area contributed by atoms with Crippen molar-refractivity contribution in [2.75, 3.05) is 20.3 Å². The third-order valence-corrected chi connectivity index (χ3v) is 5.29. The SMILES string of the molecule is CC.CC.CCOCCC(CC)N(C)S(=O)c1ccc(C(C)C)cc1. The van der Waals surface area contributed by atoms with E-state index in [2.05, 4.69) is 32.9 Å². The van der Waals surface area contributed by atoms with Crippen LogP contribution >= 0.6 is 0 Å². The molecule has 0 heterocycles. The van der Waals surface area contributed by atoms with E-state index in [1.807, 2.05) is 58.1 Å². The zero-order chi connectivity index (χ0) is 19.8. The van der Waals surface area contributed by atoms with Crippen LogP contribution in [-0.4, -0.2) is 34.8 Å². The first-order chi connectivity index (χ1) is 12.0. The van der Waals surface area contributed by atoms with E-state index in [1.165, 1.54) is 5.56 Å². The van der Waals surface area contributed by atoms with Gasteiger partial charge in [-0.2, -0.15) is 0 Å². The minimum Gasteiger partial charge on any atom is -0.382 e. The molecule has 1 rings (SSSR count). The van der Waals surface area contributed by atoms with Crippen LogP contribution < -0.4 is 0 Å². The maximum absolute atomic E-state index is 12.7. The fourth-order valence-corrected chi connectivity index (χ4v) is 3.50. The summed E-state index contributed by atoms with van der Waals surface area (Å²) in [6, 6.07) is 8.40. The Hall–Kier alpha value is -0.710. The van der Waals surface area contributed by atoms with Gasteiger partial charge in [0.15, 0.2) is 0 Å². The molecule has 0 spiro atoms. The minimum absolute atomic E-state index is 0.280. The highest BCUT2D eigenvalue weighted by Gasteiger charge is 2.19. The van der Waals surface area contributed by atoms with E-state index >= 15 is 0 Å². The molecule has 0 aromatic heterocycles. The zero-order valence-corrected chi connectivity index (χ0v) is 18.8. The molecule has 0 saturated heterocycles. The van der Waals surface area contributed by atoms with Crippen LogP contribution in [0.1, 0.15) is 79.7 Å². The van der Waals surface area contributed by atoms with Crippen LogP contribution in [-0.2, 0) is 15.7 Å². The number of benzene rings is 1. The molecule has 0 fully saturated rings. The maximum atomic E-state index is 12.7. The van der Waals surface area contributed by atoms with Gasteiger partial charge in [0.1, 0.15) is 11.0 Å². The summed E-state index contributed by atoms with van der Waals surface area (Å²) in [7, 11) is 0.830. The molecule has 3 nitrogen and oxygen atoms in total.